The first kappa shape index (κ1) is 9.97. The van der Waals surface area contributed by atoms with Crippen LogP contribution >= 0.6 is 0 Å². The van der Waals surface area contributed by atoms with E-state index in [1.165, 1.54) is 6.07 Å². The Hall–Kier alpha value is -2.11. The summed E-state index contributed by atoms with van der Waals surface area (Å²) in [5.74, 6) is -1.55. The van der Waals surface area contributed by atoms with E-state index in [1.54, 1.807) is 0 Å². The molecule has 0 unspecified atom stereocenters. The highest BCUT2D eigenvalue weighted by molar-refractivity contribution is 5.70. The summed E-state index contributed by atoms with van der Waals surface area (Å²) in [5.41, 5.74) is -0.203. The Morgan fingerprint density at radius 2 is 2.14 bits per heavy atom. The second-order valence-electron chi connectivity index (χ2n) is 2.65. The fourth-order valence-corrected chi connectivity index (χ4v) is 1.000. The first-order valence-corrected chi connectivity index (χ1v) is 3.69. The van der Waals surface area contributed by atoms with Gasteiger partial charge in [0, 0.05) is 6.07 Å². The van der Waals surface area contributed by atoms with Crippen LogP contribution in [0.1, 0.15) is 5.56 Å². The maximum absolute atomic E-state index is 10.4. The van der Waals surface area contributed by atoms with Gasteiger partial charge in [0.1, 0.15) is 0 Å². The zero-order valence-corrected chi connectivity index (χ0v) is 7.01. The van der Waals surface area contributed by atoms with E-state index in [2.05, 4.69) is 0 Å². The molecule has 0 amide bonds. The van der Waals surface area contributed by atoms with Crippen LogP contribution in [0.25, 0.3) is 0 Å². The lowest BCUT2D eigenvalue weighted by atomic mass is 10.6. The van der Waals surface area contributed by atoms with E-state index < -0.39 is 22.3 Å². The largest absolute Gasteiger partial charge is 0.502 e. The molecule has 6 heteroatoms. The first-order valence-electron chi connectivity index (χ1n) is 3.69. The van der Waals surface area contributed by atoms with Gasteiger partial charge in [-0.3, -0.25) is 14.9 Å². The van der Waals surface area contributed by atoms with Crippen LogP contribution in [0.2, 0.25) is 0 Å². The number of aliphatic carboxylic acids is 1. The number of aromatic hydroxyl groups is 1. The number of phenolic OH excluding ortho intramolecular Hbond substituents is 1. The van der Waals surface area contributed by atoms with E-state index in [9.17, 15) is 14.9 Å². The normalized spacial score (nSPS) is 9.71. The van der Waals surface area contributed by atoms with Crippen molar-refractivity contribution in [2.45, 2.75) is 6.42 Å². The van der Waals surface area contributed by atoms with Crippen molar-refractivity contribution in [1.82, 2.24) is 0 Å². The van der Waals surface area contributed by atoms with Crippen LogP contribution in [-0.4, -0.2) is 21.1 Å². The number of carbonyl (C=O) groups is 1. The van der Waals surface area contributed by atoms with E-state index in [0.29, 0.717) is 0 Å². The number of benzene rings is 1. The zero-order chi connectivity index (χ0) is 10.7. The van der Waals surface area contributed by atoms with Gasteiger partial charge in [-0.1, -0.05) is 6.07 Å². The van der Waals surface area contributed by atoms with Crippen LogP contribution < -0.4 is 0 Å². The van der Waals surface area contributed by atoms with Gasteiger partial charge in [-0.2, -0.15) is 0 Å². The number of phenols is 1. The van der Waals surface area contributed by atoms with E-state index in [4.69, 9.17) is 10.2 Å². The molecule has 0 aliphatic heterocycles. The summed E-state index contributed by atoms with van der Waals surface area (Å²) in [4.78, 5) is 19.9. The SMILES string of the molecule is O=C(O)C[13c]1[13cH][13cH][13c](O)[13c]([N+](=O)[O-])[13cH]1. The molecular formula is C8H7NO5. The van der Waals surface area contributed by atoms with Crippen LogP contribution in [-0.2, 0) is 11.2 Å². The molecule has 0 spiro atoms. The summed E-state index contributed by atoms with van der Waals surface area (Å²) < 4.78 is 0. The summed E-state index contributed by atoms with van der Waals surface area (Å²) >= 11 is 0. The molecule has 6 nitrogen and oxygen atoms in total. The van der Waals surface area contributed by atoms with Crippen LogP contribution in [0.5, 0.6) is 5.75 Å². The molecule has 0 aliphatic rings. The second kappa shape index (κ2) is 3.73. The molecular weight excluding hydrogens is 196 g/mol. The number of carboxylic acids is 1. The van der Waals surface area contributed by atoms with Gasteiger partial charge in [-0.15, -0.1) is 0 Å². The minimum absolute atomic E-state index is 0.280. The van der Waals surface area contributed by atoms with Crippen molar-refractivity contribution in [3.63, 3.8) is 0 Å². The van der Waals surface area contributed by atoms with Crippen molar-refractivity contribution in [3.05, 3.63) is 33.9 Å². The minimum Gasteiger partial charge on any atom is -0.502 e. The summed E-state index contributed by atoms with van der Waals surface area (Å²) in [6.45, 7) is 0. The third kappa shape index (κ3) is 2.19. The number of carboxylic acid groups (broad SMARTS) is 1. The smallest absolute Gasteiger partial charge is 0.310 e. The van der Waals surface area contributed by atoms with E-state index in [1.807, 2.05) is 0 Å². The molecule has 0 saturated heterocycles. The van der Waals surface area contributed by atoms with Gasteiger partial charge in [0.15, 0.2) is 5.75 Å². The molecule has 0 heterocycles. The van der Waals surface area contributed by atoms with Gasteiger partial charge in [0.05, 0.1) is 11.3 Å². The Morgan fingerprint density at radius 1 is 1.50 bits per heavy atom. The lowest BCUT2D eigenvalue weighted by Gasteiger charge is -1.98. The molecule has 1 aromatic carbocycles. The summed E-state index contributed by atoms with van der Waals surface area (Å²) in [6.07, 6.45) is -0.304. The fourth-order valence-electron chi connectivity index (χ4n) is 1.000. The Bertz CT molecular complexity index is 387. The Morgan fingerprint density at radius 3 is 2.64 bits per heavy atom. The summed E-state index contributed by atoms with van der Waals surface area (Å²) in [7, 11) is 0. The van der Waals surface area contributed by atoms with Gasteiger partial charge < -0.3 is 10.2 Å². The summed E-state index contributed by atoms with van der Waals surface area (Å²) in [6, 6.07) is 3.48. The predicted octanol–water partition coefficient (Wildman–Crippen LogP) is 0.927. The van der Waals surface area contributed by atoms with E-state index in [-0.39, 0.29) is 12.0 Å². The topological polar surface area (TPSA) is 101 Å². The van der Waals surface area contributed by atoms with Gasteiger partial charge >= 0.3 is 11.7 Å². The van der Waals surface area contributed by atoms with Gasteiger partial charge in [0.25, 0.3) is 0 Å². The van der Waals surface area contributed by atoms with Crippen molar-refractivity contribution >= 4 is 11.7 Å². The molecule has 0 atom stereocenters. The Balaban J connectivity index is 3.06. The molecule has 1 rings (SSSR count). The lowest BCUT2D eigenvalue weighted by molar-refractivity contribution is -0.385. The van der Waals surface area contributed by atoms with Crippen molar-refractivity contribution in [1.29, 1.82) is 0 Å². The van der Waals surface area contributed by atoms with Gasteiger partial charge in [-0.05, 0) is 11.6 Å². The number of nitro groups is 1. The quantitative estimate of drug-likeness (QED) is 0.562. The summed E-state index contributed by atoms with van der Waals surface area (Å²) in [5, 5.41) is 27.8. The highest BCUT2D eigenvalue weighted by Crippen LogP contribution is 2.26. The maximum Gasteiger partial charge on any atom is 0.310 e. The molecule has 74 valence electrons. The molecule has 0 aliphatic carbocycles. The van der Waals surface area contributed by atoms with Gasteiger partial charge in [-0.25, -0.2) is 0 Å². The number of rotatable bonds is 3. The van der Waals surface area contributed by atoms with Crippen LogP contribution in [0, 0.1) is 10.1 Å². The molecule has 1 aromatic rings. The van der Waals surface area contributed by atoms with Crippen molar-refractivity contribution in [3.8, 4) is 5.75 Å². The van der Waals surface area contributed by atoms with E-state index >= 15 is 0 Å². The Kier molecular flexibility index (Phi) is 2.66. The highest BCUT2D eigenvalue weighted by atomic mass is 16.6. The number of hydrogen-bond acceptors (Lipinski definition) is 4. The maximum atomic E-state index is 10.4. The monoisotopic (exact) mass is 203 g/mol. The lowest BCUT2D eigenvalue weighted by Crippen LogP contribution is -2.00. The number of nitrogens with zero attached hydrogens (tertiary/aromatic N) is 1. The van der Waals surface area contributed by atoms with Crippen molar-refractivity contribution < 1.29 is 19.9 Å². The molecule has 0 fully saturated rings. The number of nitro benzene ring substituents is 1. The average molecular weight is 203 g/mol. The van der Waals surface area contributed by atoms with Crippen molar-refractivity contribution in [2.24, 2.45) is 0 Å². The molecule has 14 heavy (non-hydrogen) atoms. The van der Waals surface area contributed by atoms with Crippen molar-refractivity contribution in [2.75, 3.05) is 0 Å². The predicted molar refractivity (Wildman–Crippen MR) is 46.1 cm³/mol. The van der Waals surface area contributed by atoms with E-state index in [0.717, 1.165) is 12.1 Å². The van der Waals surface area contributed by atoms with Gasteiger partial charge in [0.2, 0.25) is 0 Å². The number of hydrogen-bond donors (Lipinski definition) is 2. The van der Waals surface area contributed by atoms with Crippen LogP contribution in [0.15, 0.2) is 18.2 Å². The fraction of sp³-hybridized carbons (Fsp3) is 0.125. The molecule has 0 radical (unpaired) electrons. The molecule has 2 N–H and O–H groups in total. The highest BCUT2D eigenvalue weighted by Gasteiger charge is 2.14. The minimum atomic E-state index is -1.08. The second-order valence-corrected chi connectivity index (χ2v) is 2.65. The standard InChI is InChI=1S/C8H7NO5/c10-7-2-1-5(4-8(11)12)3-6(7)9(13)14/h1-3,10H,4H2,(H,11,12)/i1+1,2+1,3+1,5+1,6+1,7+1. The third-order valence-corrected chi connectivity index (χ3v) is 1.59. The molecule has 0 saturated carbocycles. The van der Waals surface area contributed by atoms with Crippen LogP contribution in [0.4, 0.5) is 5.69 Å². The van der Waals surface area contributed by atoms with Crippen LogP contribution in [0.3, 0.4) is 0 Å². The molecule has 0 bridgehead atoms. The first-order chi connectivity index (χ1) is 6.50. The Labute approximate surface area is 78.6 Å². The average Bonchev–Trinajstić information content (AvgIpc) is 2.07. The third-order valence-electron chi connectivity index (χ3n) is 1.59. The molecule has 0 aromatic heterocycles. The zero-order valence-electron chi connectivity index (χ0n) is 7.01.